The minimum atomic E-state index is 0.404. The molecule has 1 saturated heterocycles. The van der Waals surface area contributed by atoms with E-state index in [9.17, 15) is 0 Å². The number of rotatable bonds is 5. The quantitative estimate of drug-likeness (QED) is 0.691. The number of ether oxygens (including phenoxy) is 2. The summed E-state index contributed by atoms with van der Waals surface area (Å²) in [5.41, 5.74) is 3.32. The van der Waals surface area contributed by atoms with Crippen molar-refractivity contribution >= 4 is 5.78 Å². The van der Waals surface area contributed by atoms with Gasteiger partial charge in [-0.15, -0.1) is 0 Å². The van der Waals surface area contributed by atoms with Gasteiger partial charge in [0, 0.05) is 30.3 Å². The summed E-state index contributed by atoms with van der Waals surface area (Å²) in [6.07, 6.45) is 3.87. The third-order valence-corrected chi connectivity index (χ3v) is 5.21. The molecule has 7 heteroatoms. The van der Waals surface area contributed by atoms with Crippen molar-refractivity contribution in [3.63, 3.8) is 0 Å². The van der Waals surface area contributed by atoms with Gasteiger partial charge in [-0.2, -0.15) is 10.1 Å². The largest absolute Gasteiger partial charge is 0.497 e. The minimum absolute atomic E-state index is 0.404. The highest BCUT2D eigenvalue weighted by molar-refractivity contribution is 5.40. The lowest BCUT2D eigenvalue weighted by Crippen LogP contribution is -2.34. The first-order valence-electron chi connectivity index (χ1n) is 9.28. The third-order valence-electron chi connectivity index (χ3n) is 5.21. The summed E-state index contributed by atoms with van der Waals surface area (Å²) in [7, 11) is 3.41. The van der Waals surface area contributed by atoms with Crippen LogP contribution in [0.5, 0.6) is 11.5 Å². The molecular formula is C20H25N5O2. The SMILES string of the molecule is COc1ccc(OC)c(CN2CCCC(c3cc(C)nc4ncnn34)C2)c1. The van der Waals surface area contributed by atoms with Crippen molar-refractivity contribution < 1.29 is 9.47 Å². The van der Waals surface area contributed by atoms with E-state index in [0.717, 1.165) is 55.2 Å². The van der Waals surface area contributed by atoms with Crippen LogP contribution in [0.25, 0.3) is 5.78 Å². The van der Waals surface area contributed by atoms with E-state index in [4.69, 9.17) is 9.47 Å². The van der Waals surface area contributed by atoms with E-state index in [1.165, 1.54) is 5.69 Å². The number of hydrogen-bond acceptors (Lipinski definition) is 6. The van der Waals surface area contributed by atoms with Gasteiger partial charge in [-0.25, -0.2) is 9.50 Å². The van der Waals surface area contributed by atoms with E-state index < -0.39 is 0 Å². The van der Waals surface area contributed by atoms with Crippen molar-refractivity contribution in [2.24, 2.45) is 0 Å². The van der Waals surface area contributed by atoms with Crippen molar-refractivity contribution in [2.45, 2.75) is 32.2 Å². The van der Waals surface area contributed by atoms with Crippen molar-refractivity contribution in [3.05, 3.63) is 47.5 Å². The average Bonchev–Trinajstić information content (AvgIpc) is 3.15. The van der Waals surface area contributed by atoms with Crippen molar-refractivity contribution in [1.29, 1.82) is 0 Å². The fraction of sp³-hybridized carbons (Fsp3) is 0.450. The van der Waals surface area contributed by atoms with Gasteiger partial charge in [0.1, 0.15) is 17.8 Å². The predicted molar refractivity (Wildman–Crippen MR) is 102 cm³/mol. The molecule has 3 aromatic rings. The van der Waals surface area contributed by atoms with Crippen molar-refractivity contribution in [3.8, 4) is 11.5 Å². The fourth-order valence-corrected chi connectivity index (χ4v) is 3.94. The Bertz CT molecular complexity index is 939. The minimum Gasteiger partial charge on any atom is -0.497 e. The molecule has 0 saturated carbocycles. The van der Waals surface area contributed by atoms with Crippen LogP contribution >= 0.6 is 0 Å². The molecule has 142 valence electrons. The maximum absolute atomic E-state index is 5.55. The Hall–Kier alpha value is -2.67. The Morgan fingerprint density at radius 1 is 1.19 bits per heavy atom. The maximum Gasteiger partial charge on any atom is 0.252 e. The number of benzene rings is 1. The highest BCUT2D eigenvalue weighted by Crippen LogP contribution is 2.30. The lowest BCUT2D eigenvalue weighted by atomic mass is 9.93. The number of piperidine rings is 1. The number of fused-ring (bicyclic) bond motifs is 1. The molecule has 1 aromatic carbocycles. The molecule has 27 heavy (non-hydrogen) atoms. The number of hydrogen-bond donors (Lipinski definition) is 0. The zero-order valence-electron chi connectivity index (χ0n) is 16.1. The van der Waals surface area contributed by atoms with E-state index in [0.29, 0.717) is 11.7 Å². The summed E-state index contributed by atoms with van der Waals surface area (Å²) in [6.45, 7) is 4.89. The van der Waals surface area contributed by atoms with Crippen LogP contribution in [0.3, 0.4) is 0 Å². The first kappa shape index (κ1) is 17.7. The lowest BCUT2D eigenvalue weighted by Gasteiger charge is -2.33. The smallest absolute Gasteiger partial charge is 0.252 e. The molecule has 0 N–H and O–H groups in total. The van der Waals surface area contributed by atoms with Crippen molar-refractivity contribution in [2.75, 3.05) is 27.3 Å². The van der Waals surface area contributed by atoms with Gasteiger partial charge in [0.25, 0.3) is 5.78 Å². The number of methoxy groups -OCH3 is 2. The molecule has 3 heterocycles. The van der Waals surface area contributed by atoms with Gasteiger partial charge in [-0.3, -0.25) is 4.90 Å². The molecule has 0 bridgehead atoms. The monoisotopic (exact) mass is 367 g/mol. The van der Waals surface area contributed by atoms with Crippen LogP contribution in [0.15, 0.2) is 30.6 Å². The van der Waals surface area contributed by atoms with Crippen LogP contribution in [0, 0.1) is 6.92 Å². The van der Waals surface area contributed by atoms with E-state index in [1.807, 2.05) is 23.6 Å². The van der Waals surface area contributed by atoms with Gasteiger partial charge >= 0.3 is 0 Å². The zero-order chi connectivity index (χ0) is 18.8. The first-order chi connectivity index (χ1) is 13.2. The van der Waals surface area contributed by atoms with Gasteiger partial charge in [-0.05, 0) is 50.6 Å². The van der Waals surface area contributed by atoms with Crippen LogP contribution in [-0.4, -0.2) is 51.8 Å². The molecule has 1 aliphatic rings. The molecule has 1 unspecified atom stereocenters. The van der Waals surface area contributed by atoms with Crippen LogP contribution < -0.4 is 9.47 Å². The first-order valence-corrected chi connectivity index (χ1v) is 9.28. The summed E-state index contributed by atoms with van der Waals surface area (Å²) >= 11 is 0. The molecule has 1 aliphatic heterocycles. The van der Waals surface area contributed by atoms with Crippen LogP contribution in [0.2, 0.25) is 0 Å². The Labute approximate surface area is 158 Å². The number of likely N-dealkylation sites (tertiary alicyclic amines) is 1. The van der Waals surface area contributed by atoms with Gasteiger partial charge in [-0.1, -0.05) is 0 Å². The molecule has 1 fully saturated rings. The molecule has 4 rings (SSSR count). The third kappa shape index (κ3) is 3.60. The highest BCUT2D eigenvalue weighted by Gasteiger charge is 2.25. The molecule has 2 aromatic heterocycles. The van der Waals surface area contributed by atoms with E-state index >= 15 is 0 Å². The standard InChI is InChI=1S/C20H25N5O2/c1-14-9-18(25-20(23-14)21-13-22-25)15-5-4-8-24(11-15)12-16-10-17(26-2)6-7-19(16)27-3/h6-7,9-10,13,15H,4-5,8,11-12H2,1-3H3. The Morgan fingerprint density at radius 2 is 2.07 bits per heavy atom. The summed E-state index contributed by atoms with van der Waals surface area (Å²) in [4.78, 5) is 11.2. The molecule has 7 nitrogen and oxygen atoms in total. The Kier molecular flexibility index (Phi) is 4.94. The van der Waals surface area contributed by atoms with Gasteiger partial charge in [0.05, 0.1) is 19.9 Å². The summed E-state index contributed by atoms with van der Waals surface area (Å²) in [5.74, 6) is 2.84. The summed E-state index contributed by atoms with van der Waals surface area (Å²) < 4.78 is 12.8. The lowest BCUT2D eigenvalue weighted by molar-refractivity contribution is 0.195. The van der Waals surface area contributed by atoms with E-state index in [1.54, 1.807) is 20.5 Å². The highest BCUT2D eigenvalue weighted by atomic mass is 16.5. The number of aryl methyl sites for hydroxylation is 1. The maximum atomic E-state index is 5.55. The van der Waals surface area contributed by atoms with Crippen LogP contribution in [-0.2, 0) is 6.54 Å². The number of nitrogens with zero attached hydrogens (tertiary/aromatic N) is 5. The molecule has 0 amide bonds. The average molecular weight is 367 g/mol. The predicted octanol–water partition coefficient (Wildman–Crippen LogP) is 2.83. The van der Waals surface area contributed by atoms with Gasteiger partial charge in [0.2, 0.25) is 0 Å². The summed E-state index contributed by atoms with van der Waals surface area (Å²) in [5, 5.41) is 4.38. The van der Waals surface area contributed by atoms with Gasteiger partial charge in [0.15, 0.2) is 0 Å². The normalized spacial score (nSPS) is 18.0. The molecule has 1 atom stereocenters. The molecular weight excluding hydrogens is 342 g/mol. The molecule has 0 radical (unpaired) electrons. The second kappa shape index (κ2) is 7.52. The topological polar surface area (TPSA) is 64.8 Å². The second-order valence-corrected chi connectivity index (χ2v) is 7.05. The molecule has 0 spiro atoms. The van der Waals surface area contributed by atoms with Gasteiger partial charge < -0.3 is 9.47 Å². The van der Waals surface area contributed by atoms with Crippen molar-refractivity contribution in [1.82, 2.24) is 24.5 Å². The van der Waals surface area contributed by atoms with Crippen LogP contribution in [0.4, 0.5) is 0 Å². The Balaban J connectivity index is 1.57. The van der Waals surface area contributed by atoms with E-state index in [-0.39, 0.29) is 0 Å². The van der Waals surface area contributed by atoms with E-state index in [2.05, 4.69) is 32.1 Å². The number of aromatic nitrogens is 4. The second-order valence-electron chi connectivity index (χ2n) is 7.05. The molecule has 0 aliphatic carbocycles. The zero-order valence-corrected chi connectivity index (χ0v) is 16.1. The Morgan fingerprint density at radius 3 is 2.89 bits per heavy atom. The summed E-state index contributed by atoms with van der Waals surface area (Å²) in [6, 6.07) is 8.11. The fourth-order valence-electron chi connectivity index (χ4n) is 3.94. The van der Waals surface area contributed by atoms with Crippen LogP contribution in [0.1, 0.15) is 35.7 Å².